The maximum absolute atomic E-state index is 11.7. The second kappa shape index (κ2) is 7.14. The molecule has 1 amide bonds. The molecule has 2 N–H and O–H groups in total. The van der Waals surface area contributed by atoms with Crippen LogP contribution in [-0.2, 0) is 4.79 Å². The monoisotopic (exact) mass is 262 g/mol. The van der Waals surface area contributed by atoms with Crippen LogP contribution in [0.2, 0.25) is 0 Å². The van der Waals surface area contributed by atoms with Crippen LogP contribution in [0.5, 0.6) is 5.75 Å². The van der Waals surface area contributed by atoms with E-state index in [0.717, 1.165) is 25.4 Å². The van der Waals surface area contributed by atoms with E-state index in [0.29, 0.717) is 5.92 Å². The Hall–Kier alpha value is -1.55. The molecule has 1 fully saturated rings. The van der Waals surface area contributed by atoms with Crippen LogP contribution in [0.15, 0.2) is 24.3 Å². The van der Waals surface area contributed by atoms with Crippen LogP contribution in [0.4, 0.5) is 0 Å². The highest BCUT2D eigenvalue weighted by Crippen LogP contribution is 2.11. The molecule has 2 rings (SSSR count). The number of carbonyl (C=O) groups is 1. The number of carbonyl (C=O) groups excluding carboxylic acids is 1. The fraction of sp³-hybridized carbons (Fsp3) is 0.533. The van der Waals surface area contributed by atoms with Gasteiger partial charge in [0, 0.05) is 6.54 Å². The molecule has 1 unspecified atom stereocenters. The largest absolute Gasteiger partial charge is 0.484 e. The van der Waals surface area contributed by atoms with Gasteiger partial charge in [-0.15, -0.1) is 0 Å². The fourth-order valence-corrected chi connectivity index (χ4v) is 2.19. The van der Waals surface area contributed by atoms with Gasteiger partial charge in [-0.05, 0) is 50.9 Å². The van der Waals surface area contributed by atoms with Gasteiger partial charge in [-0.1, -0.05) is 17.7 Å². The smallest absolute Gasteiger partial charge is 0.257 e. The highest BCUT2D eigenvalue weighted by atomic mass is 16.5. The number of benzene rings is 1. The summed E-state index contributed by atoms with van der Waals surface area (Å²) < 4.78 is 5.44. The van der Waals surface area contributed by atoms with Crippen LogP contribution < -0.4 is 15.4 Å². The summed E-state index contributed by atoms with van der Waals surface area (Å²) in [5, 5.41) is 6.27. The van der Waals surface area contributed by atoms with E-state index in [4.69, 9.17) is 4.74 Å². The molecule has 1 atom stereocenters. The van der Waals surface area contributed by atoms with Crippen molar-refractivity contribution in [2.24, 2.45) is 5.92 Å². The van der Waals surface area contributed by atoms with Gasteiger partial charge in [0.2, 0.25) is 0 Å². The Bertz CT molecular complexity index is 397. The highest BCUT2D eigenvalue weighted by molar-refractivity contribution is 5.77. The molecular formula is C15H22N2O2. The number of hydrogen-bond donors (Lipinski definition) is 2. The first-order chi connectivity index (χ1) is 9.24. The lowest BCUT2D eigenvalue weighted by Gasteiger charge is -2.22. The van der Waals surface area contributed by atoms with E-state index in [-0.39, 0.29) is 12.5 Å². The summed E-state index contributed by atoms with van der Waals surface area (Å²) in [6, 6.07) is 7.71. The maximum atomic E-state index is 11.7. The quantitative estimate of drug-likeness (QED) is 0.845. The maximum Gasteiger partial charge on any atom is 0.257 e. The number of nitrogens with one attached hydrogen (secondary N) is 2. The van der Waals surface area contributed by atoms with E-state index in [1.165, 1.54) is 18.4 Å². The number of amides is 1. The van der Waals surface area contributed by atoms with E-state index >= 15 is 0 Å². The predicted octanol–water partition coefficient (Wildman–Crippen LogP) is 1.49. The lowest BCUT2D eigenvalue weighted by molar-refractivity contribution is -0.123. The molecule has 0 aliphatic carbocycles. The van der Waals surface area contributed by atoms with Crippen molar-refractivity contribution in [2.75, 3.05) is 26.2 Å². The first-order valence-corrected chi connectivity index (χ1v) is 6.91. The van der Waals surface area contributed by atoms with Crippen molar-refractivity contribution < 1.29 is 9.53 Å². The minimum Gasteiger partial charge on any atom is -0.484 e. The van der Waals surface area contributed by atoms with Crippen molar-refractivity contribution in [1.29, 1.82) is 0 Å². The molecule has 1 aromatic rings. The van der Waals surface area contributed by atoms with Gasteiger partial charge in [0.05, 0.1) is 0 Å². The van der Waals surface area contributed by atoms with Crippen molar-refractivity contribution in [2.45, 2.75) is 19.8 Å². The minimum atomic E-state index is -0.0499. The van der Waals surface area contributed by atoms with E-state index < -0.39 is 0 Å². The first kappa shape index (κ1) is 13.9. The van der Waals surface area contributed by atoms with Crippen molar-refractivity contribution in [3.8, 4) is 5.75 Å². The van der Waals surface area contributed by atoms with Gasteiger partial charge < -0.3 is 15.4 Å². The minimum absolute atomic E-state index is 0.0499. The summed E-state index contributed by atoms with van der Waals surface area (Å²) in [7, 11) is 0. The Labute approximate surface area is 114 Å². The van der Waals surface area contributed by atoms with E-state index in [1.807, 2.05) is 31.2 Å². The summed E-state index contributed by atoms with van der Waals surface area (Å²) in [6.07, 6.45) is 2.38. The molecule has 0 saturated carbocycles. The Morgan fingerprint density at radius 2 is 2.21 bits per heavy atom. The van der Waals surface area contributed by atoms with Crippen LogP contribution in [0, 0.1) is 12.8 Å². The summed E-state index contributed by atoms with van der Waals surface area (Å²) in [4.78, 5) is 11.7. The molecule has 0 spiro atoms. The normalized spacial score (nSPS) is 18.9. The van der Waals surface area contributed by atoms with E-state index in [1.54, 1.807) is 0 Å². The zero-order valence-corrected chi connectivity index (χ0v) is 11.4. The van der Waals surface area contributed by atoms with Crippen LogP contribution >= 0.6 is 0 Å². The molecule has 1 heterocycles. The van der Waals surface area contributed by atoms with Crippen molar-refractivity contribution in [3.63, 3.8) is 0 Å². The number of aryl methyl sites for hydroxylation is 1. The average Bonchev–Trinajstić information content (AvgIpc) is 2.45. The summed E-state index contributed by atoms with van der Waals surface area (Å²) in [5.41, 5.74) is 1.18. The Balaban J connectivity index is 1.65. The Morgan fingerprint density at radius 3 is 2.89 bits per heavy atom. The van der Waals surface area contributed by atoms with Gasteiger partial charge in [0.15, 0.2) is 6.61 Å². The summed E-state index contributed by atoms with van der Waals surface area (Å²) in [5.74, 6) is 1.24. The molecule has 104 valence electrons. The highest BCUT2D eigenvalue weighted by Gasteiger charge is 2.13. The molecule has 1 aromatic carbocycles. The van der Waals surface area contributed by atoms with Gasteiger partial charge >= 0.3 is 0 Å². The molecule has 4 nitrogen and oxygen atoms in total. The SMILES string of the molecule is Cc1ccc(OCC(=O)NCC2CCCNC2)cc1. The predicted molar refractivity (Wildman–Crippen MR) is 75.3 cm³/mol. The molecule has 0 bridgehead atoms. The van der Waals surface area contributed by atoms with Crippen molar-refractivity contribution >= 4 is 5.91 Å². The second-order valence-corrected chi connectivity index (χ2v) is 5.12. The lowest BCUT2D eigenvalue weighted by atomic mass is 10.00. The molecule has 4 heteroatoms. The molecule has 1 saturated heterocycles. The number of piperidine rings is 1. The first-order valence-electron chi connectivity index (χ1n) is 6.91. The second-order valence-electron chi connectivity index (χ2n) is 5.12. The van der Waals surface area contributed by atoms with Gasteiger partial charge in [0.1, 0.15) is 5.75 Å². The summed E-state index contributed by atoms with van der Waals surface area (Å²) in [6.45, 7) is 4.95. The van der Waals surface area contributed by atoms with E-state index in [2.05, 4.69) is 10.6 Å². The summed E-state index contributed by atoms with van der Waals surface area (Å²) >= 11 is 0. The van der Waals surface area contributed by atoms with Crippen LogP contribution in [0.3, 0.4) is 0 Å². The standard InChI is InChI=1S/C15H22N2O2/c1-12-4-6-14(7-5-12)19-11-15(18)17-10-13-3-2-8-16-9-13/h4-7,13,16H,2-3,8-11H2,1H3,(H,17,18). The third-order valence-electron chi connectivity index (χ3n) is 3.38. The lowest BCUT2D eigenvalue weighted by Crippen LogP contribution is -2.39. The third kappa shape index (κ3) is 4.91. The number of hydrogen-bond acceptors (Lipinski definition) is 3. The molecule has 0 aromatic heterocycles. The van der Waals surface area contributed by atoms with Gasteiger partial charge in [-0.3, -0.25) is 4.79 Å². The average molecular weight is 262 g/mol. The molecule has 1 aliphatic heterocycles. The third-order valence-corrected chi connectivity index (χ3v) is 3.38. The fourth-order valence-electron chi connectivity index (χ4n) is 2.19. The number of rotatable bonds is 5. The van der Waals surface area contributed by atoms with Crippen molar-refractivity contribution in [3.05, 3.63) is 29.8 Å². The van der Waals surface area contributed by atoms with Crippen molar-refractivity contribution in [1.82, 2.24) is 10.6 Å². The Kier molecular flexibility index (Phi) is 5.21. The van der Waals surface area contributed by atoms with Crippen LogP contribution in [0.1, 0.15) is 18.4 Å². The van der Waals surface area contributed by atoms with Crippen LogP contribution in [-0.4, -0.2) is 32.1 Å². The molecule has 1 aliphatic rings. The molecular weight excluding hydrogens is 240 g/mol. The number of ether oxygens (including phenoxy) is 1. The zero-order valence-electron chi connectivity index (χ0n) is 11.4. The van der Waals surface area contributed by atoms with E-state index in [9.17, 15) is 4.79 Å². The Morgan fingerprint density at radius 1 is 1.42 bits per heavy atom. The molecule has 0 radical (unpaired) electrons. The zero-order chi connectivity index (χ0) is 13.5. The topological polar surface area (TPSA) is 50.4 Å². The van der Waals surface area contributed by atoms with Gasteiger partial charge in [0.25, 0.3) is 5.91 Å². The van der Waals surface area contributed by atoms with Gasteiger partial charge in [-0.25, -0.2) is 0 Å². The van der Waals surface area contributed by atoms with Crippen LogP contribution in [0.25, 0.3) is 0 Å². The molecule has 19 heavy (non-hydrogen) atoms. The van der Waals surface area contributed by atoms with Gasteiger partial charge in [-0.2, -0.15) is 0 Å².